The van der Waals surface area contributed by atoms with Gasteiger partial charge in [-0.15, -0.1) is 11.3 Å². The van der Waals surface area contributed by atoms with Gasteiger partial charge in [0.05, 0.1) is 45.3 Å². The molecule has 3 aliphatic rings. The summed E-state index contributed by atoms with van der Waals surface area (Å²) >= 11 is 7.55. The molecule has 47 heavy (non-hydrogen) atoms. The third-order valence-electron chi connectivity index (χ3n) is 9.18. The van der Waals surface area contributed by atoms with E-state index in [-0.39, 0.29) is 92.4 Å². The van der Waals surface area contributed by atoms with Crippen LogP contribution in [0.3, 0.4) is 0 Å². The van der Waals surface area contributed by atoms with Crippen LogP contribution in [-0.4, -0.2) is 82.4 Å². The molecule has 15 heteroatoms. The number of hydrogen-bond donors (Lipinski definition) is 1. The standard InChI is InChI=1S/C32H27ClF4N6O3S/c1-3-22(44)42-12-20(36)21(13-42)46-30-17-9-18(33)23(16-5-6-19(35)28-24(16)27(39-2)29(38)47-28)25(37)26(17)40-31(41-30)45-14-32-7-4-8-43(32)11-15(34)10-32/h3,5-6,9,15,20-21H,1,4,7-8,10-14,38H2/t15-,20-,21+,32+/m1/s1. The Morgan fingerprint density at radius 1 is 1.28 bits per heavy atom. The van der Waals surface area contributed by atoms with Crippen molar-refractivity contribution in [3.63, 3.8) is 0 Å². The highest BCUT2D eigenvalue weighted by Gasteiger charge is 2.49. The van der Waals surface area contributed by atoms with Crippen LogP contribution in [0.5, 0.6) is 11.9 Å². The van der Waals surface area contributed by atoms with Gasteiger partial charge in [0.2, 0.25) is 17.5 Å². The number of rotatable bonds is 7. The van der Waals surface area contributed by atoms with Crippen molar-refractivity contribution in [2.45, 2.75) is 43.2 Å². The lowest BCUT2D eigenvalue weighted by molar-refractivity contribution is -0.125. The number of aromatic nitrogens is 2. The number of ether oxygens (including phenoxy) is 2. The number of nitrogens with two attached hydrogens (primary N) is 1. The number of nitrogen functional groups attached to an aromatic ring is 1. The first-order valence-electron chi connectivity index (χ1n) is 14.9. The quantitative estimate of drug-likeness (QED) is 0.132. The van der Waals surface area contributed by atoms with Gasteiger partial charge >= 0.3 is 6.01 Å². The monoisotopic (exact) mass is 686 g/mol. The summed E-state index contributed by atoms with van der Waals surface area (Å²) in [6, 6.07) is 3.49. The van der Waals surface area contributed by atoms with Crippen LogP contribution in [0.2, 0.25) is 5.02 Å². The number of halogens is 5. The number of anilines is 1. The van der Waals surface area contributed by atoms with Crippen molar-refractivity contribution in [1.29, 1.82) is 0 Å². The van der Waals surface area contributed by atoms with Crippen molar-refractivity contribution in [2.24, 2.45) is 0 Å². The minimum Gasteiger partial charge on any atom is -0.469 e. The highest BCUT2D eigenvalue weighted by atomic mass is 35.5. The van der Waals surface area contributed by atoms with Crippen LogP contribution in [0.15, 0.2) is 30.9 Å². The SMILES string of the molecule is [C-]#[N+]c1c(N)sc2c(F)ccc(-c3c(Cl)cc4c(O[C@H]5CN(C(=O)C=C)C[C@H]5F)nc(OC[C@@]56CCCN5C[C@H](F)C6)nc4c3F)c12. The summed E-state index contributed by atoms with van der Waals surface area (Å²) in [6.45, 7) is 11.7. The second kappa shape index (κ2) is 11.8. The Morgan fingerprint density at radius 2 is 2.09 bits per heavy atom. The average molecular weight is 687 g/mol. The normalized spacial score (nSPS) is 24.2. The lowest BCUT2D eigenvalue weighted by atomic mass is 9.95. The molecule has 0 spiro atoms. The summed E-state index contributed by atoms with van der Waals surface area (Å²) < 4.78 is 73.2. The summed E-state index contributed by atoms with van der Waals surface area (Å²) in [7, 11) is 0. The number of likely N-dealkylation sites (tertiary alicyclic amines) is 1. The topological polar surface area (TPSA) is 98.2 Å². The zero-order valence-corrected chi connectivity index (χ0v) is 26.3. The fraction of sp³-hybridized carbons (Fsp3) is 0.375. The first-order chi connectivity index (χ1) is 22.5. The maximum absolute atomic E-state index is 16.8. The van der Waals surface area contributed by atoms with E-state index in [1.54, 1.807) is 0 Å². The molecule has 2 aromatic heterocycles. The van der Waals surface area contributed by atoms with Gasteiger partial charge in [-0.25, -0.2) is 22.4 Å². The molecule has 4 atom stereocenters. The fourth-order valence-corrected chi connectivity index (χ4v) is 8.22. The zero-order chi connectivity index (χ0) is 33.2. The summed E-state index contributed by atoms with van der Waals surface area (Å²) in [5, 5.41) is 0.0165. The maximum Gasteiger partial charge on any atom is 0.320 e. The zero-order valence-electron chi connectivity index (χ0n) is 24.7. The molecule has 3 saturated heterocycles. The molecule has 2 N–H and O–H groups in total. The lowest BCUT2D eigenvalue weighted by Crippen LogP contribution is -2.43. The van der Waals surface area contributed by atoms with E-state index in [0.29, 0.717) is 6.42 Å². The summed E-state index contributed by atoms with van der Waals surface area (Å²) in [5.74, 6) is -2.30. The molecule has 3 fully saturated rings. The highest BCUT2D eigenvalue weighted by molar-refractivity contribution is 7.23. The van der Waals surface area contributed by atoms with Gasteiger partial charge in [-0.2, -0.15) is 9.97 Å². The number of hydrogen-bond acceptors (Lipinski definition) is 8. The van der Waals surface area contributed by atoms with Gasteiger partial charge in [0.1, 0.15) is 24.1 Å². The van der Waals surface area contributed by atoms with Gasteiger partial charge < -0.3 is 20.1 Å². The van der Waals surface area contributed by atoms with E-state index in [9.17, 15) is 13.6 Å². The third kappa shape index (κ3) is 5.21. The van der Waals surface area contributed by atoms with E-state index in [0.717, 1.165) is 36.4 Å². The van der Waals surface area contributed by atoms with E-state index in [1.807, 2.05) is 4.90 Å². The Labute approximate surface area is 275 Å². The number of carbonyl (C=O) groups is 1. The van der Waals surface area contributed by atoms with Crippen molar-refractivity contribution in [1.82, 2.24) is 19.8 Å². The first kappa shape index (κ1) is 31.4. The minimum atomic E-state index is -1.60. The van der Waals surface area contributed by atoms with Gasteiger partial charge in [0, 0.05) is 23.9 Å². The van der Waals surface area contributed by atoms with Crippen molar-refractivity contribution in [2.75, 3.05) is 38.5 Å². The van der Waals surface area contributed by atoms with E-state index >= 15 is 8.78 Å². The second-order valence-corrected chi connectivity index (χ2v) is 13.4. The summed E-state index contributed by atoms with van der Waals surface area (Å²) in [4.78, 5) is 27.6. The van der Waals surface area contributed by atoms with Gasteiger partial charge in [0.25, 0.3) is 0 Å². The number of amides is 1. The Bertz CT molecular complexity index is 2010. The Hall–Kier alpha value is -4.19. The molecule has 244 valence electrons. The molecule has 0 saturated carbocycles. The van der Waals surface area contributed by atoms with Gasteiger partial charge in [-0.3, -0.25) is 9.69 Å². The molecule has 0 radical (unpaired) electrons. The Morgan fingerprint density at radius 3 is 2.85 bits per heavy atom. The molecule has 7 rings (SSSR count). The lowest BCUT2D eigenvalue weighted by Gasteiger charge is -2.30. The molecule has 3 aliphatic heterocycles. The molecule has 2 aromatic carbocycles. The van der Waals surface area contributed by atoms with Gasteiger partial charge in [-0.1, -0.05) is 24.2 Å². The van der Waals surface area contributed by atoms with Crippen molar-refractivity contribution >= 4 is 60.5 Å². The molecule has 0 aliphatic carbocycles. The minimum absolute atomic E-state index is 0.0109. The molecule has 1 amide bonds. The van der Waals surface area contributed by atoms with E-state index in [4.69, 9.17) is 33.4 Å². The molecular formula is C32H27ClF4N6O3S. The maximum atomic E-state index is 16.8. The molecular weight excluding hydrogens is 660 g/mol. The molecule has 5 heterocycles. The van der Waals surface area contributed by atoms with Crippen LogP contribution in [0.1, 0.15) is 19.3 Å². The molecule has 4 aromatic rings. The van der Waals surface area contributed by atoms with Crippen molar-refractivity contribution < 1.29 is 31.8 Å². The first-order valence-corrected chi connectivity index (χ1v) is 16.0. The smallest absolute Gasteiger partial charge is 0.320 e. The highest BCUT2D eigenvalue weighted by Crippen LogP contribution is 2.49. The third-order valence-corrected chi connectivity index (χ3v) is 10.5. The van der Waals surface area contributed by atoms with Crippen molar-refractivity contribution in [3.05, 3.63) is 58.9 Å². The van der Waals surface area contributed by atoms with Crippen LogP contribution in [0.25, 0.3) is 37.0 Å². The molecule has 0 bridgehead atoms. The van der Waals surface area contributed by atoms with E-state index in [2.05, 4.69) is 21.4 Å². The molecule has 0 unspecified atom stereocenters. The number of alkyl halides is 2. The van der Waals surface area contributed by atoms with Crippen LogP contribution < -0.4 is 15.2 Å². The predicted molar refractivity (Wildman–Crippen MR) is 171 cm³/mol. The largest absolute Gasteiger partial charge is 0.469 e. The number of thiophene rings is 1. The fourth-order valence-electron chi connectivity index (χ4n) is 6.99. The van der Waals surface area contributed by atoms with Crippen LogP contribution in [-0.2, 0) is 4.79 Å². The number of carbonyl (C=O) groups excluding carboxylic acids is 1. The van der Waals surface area contributed by atoms with Crippen LogP contribution >= 0.6 is 22.9 Å². The molecule has 9 nitrogen and oxygen atoms in total. The predicted octanol–water partition coefficient (Wildman–Crippen LogP) is 6.64. The summed E-state index contributed by atoms with van der Waals surface area (Å²) in [6.07, 6.45) is -0.866. The number of nitrogens with zero attached hydrogens (tertiary/aromatic N) is 5. The Balaban J connectivity index is 1.36. The van der Waals surface area contributed by atoms with Crippen molar-refractivity contribution in [3.8, 4) is 23.0 Å². The van der Waals surface area contributed by atoms with E-state index in [1.165, 1.54) is 17.0 Å². The van der Waals surface area contributed by atoms with Gasteiger partial charge in [-0.05, 0) is 43.2 Å². The second-order valence-electron chi connectivity index (χ2n) is 12.0. The average Bonchev–Trinajstić information content (AvgIpc) is 3.78. The number of fused-ring (bicyclic) bond motifs is 3. The van der Waals surface area contributed by atoms with Crippen LogP contribution in [0, 0.1) is 18.2 Å². The summed E-state index contributed by atoms with van der Waals surface area (Å²) in [5.41, 5.74) is 5.05. The Kier molecular flexibility index (Phi) is 7.89. The van der Waals surface area contributed by atoms with E-state index < -0.39 is 41.5 Å². The number of benzene rings is 2. The van der Waals surface area contributed by atoms with Gasteiger partial charge in [0.15, 0.2) is 18.1 Å². The van der Waals surface area contributed by atoms with Crippen LogP contribution in [0.4, 0.5) is 28.3 Å².